The first-order valence-corrected chi connectivity index (χ1v) is 9.64. The van der Waals surface area contributed by atoms with Gasteiger partial charge < -0.3 is 14.4 Å². The van der Waals surface area contributed by atoms with Crippen molar-refractivity contribution in [3.8, 4) is 0 Å². The predicted octanol–water partition coefficient (Wildman–Crippen LogP) is 5.34. The van der Waals surface area contributed by atoms with Gasteiger partial charge in [-0.15, -0.1) is 0 Å². The molecule has 1 aromatic heterocycles. The van der Waals surface area contributed by atoms with E-state index in [1.807, 2.05) is 17.0 Å². The molecule has 2 aliphatic rings. The molecule has 4 nitrogen and oxygen atoms in total. The Morgan fingerprint density at radius 2 is 1.89 bits per heavy atom. The van der Waals surface area contributed by atoms with Crippen molar-refractivity contribution < 1.29 is 9.52 Å². The molecule has 1 N–H and O–H groups in total. The molecular weight excluding hydrogens is 336 g/mol. The van der Waals surface area contributed by atoms with Gasteiger partial charge in [0.05, 0.1) is 17.1 Å². The van der Waals surface area contributed by atoms with Crippen molar-refractivity contribution >= 4 is 34.1 Å². The minimum atomic E-state index is -0.760. The van der Waals surface area contributed by atoms with E-state index in [4.69, 9.17) is 4.42 Å². The van der Waals surface area contributed by atoms with Crippen LogP contribution in [0.2, 0.25) is 0 Å². The first kappa shape index (κ1) is 16.5. The van der Waals surface area contributed by atoms with Crippen LogP contribution in [-0.4, -0.2) is 17.5 Å². The molecule has 0 spiro atoms. The number of nitrogens with zero attached hydrogens (tertiary/aromatic N) is 2. The minimum absolute atomic E-state index is 0.179. The van der Waals surface area contributed by atoms with E-state index < -0.39 is 6.35 Å². The highest BCUT2D eigenvalue weighted by atomic mass is 16.3. The van der Waals surface area contributed by atoms with Crippen LogP contribution < -0.4 is 9.80 Å². The minimum Gasteiger partial charge on any atom is -0.454 e. The molecule has 0 unspecified atom stereocenters. The normalized spacial score (nSPS) is 18.5. The van der Waals surface area contributed by atoms with Gasteiger partial charge >= 0.3 is 0 Å². The lowest BCUT2D eigenvalue weighted by Gasteiger charge is -2.31. The van der Waals surface area contributed by atoms with E-state index in [0.29, 0.717) is 0 Å². The summed E-state index contributed by atoms with van der Waals surface area (Å²) in [6.45, 7) is 6.29. The molecular formula is C23H24N2O2. The van der Waals surface area contributed by atoms with Crippen molar-refractivity contribution in [1.82, 2.24) is 0 Å². The molecule has 2 aromatic carbocycles. The number of hydrogen-bond donors (Lipinski definition) is 1. The highest BCUT2D eigenvalue weighted by molar-refractivity contribution is 6.00. The third kappa shape index (κ3) is 2.26. The Morgan fingerprint density at radius 1 is 1.11 bits per heavy atom. The van der Waals surface area contributed by atoms with Crippen LogP contribution in [0.4, 0.5) is 17.1 Å². The zero-order chi connectivity index (χ0) is 18.7. The molecule has 3 aromatic rings. The Morgan fingerprint density at radius 3 is 2.67 bits per heavy atom. The molecule has 0 bridgehead atoms. The molecule has 2 heterocycles. The molecule has 1 aliphatic heterocycles. The van der Waals surface area contributed by atoms with Crippen LogP contribution in [0.5, 0.6) is 0 Å². The second-order valence-corrected chi connectivity index (χ2v) is 7.70. The molecule has 27 heavy (non-hydrogen) atoms. The van der Waals surface area contributed by atoms with Gasteiger partial charge in [0.25, 0.3) is 0 Å². The van der Waals surface area contributed by atoms with Crippen molar-refractivity contribution in [3.63, 3.8) is 0 Å². The van der Waals surface area contributed by atoms with Gasteiger partial charge in [-0.1, -0.05) is 30.3 Å². The van der Waals surface area contributed by atoms with Gasteiger partial charge in [0.2, 0.25) is 6.35 Å². The number of furan rings is 1. The van der Waals surface area contributed by atoms with Crippen molar-refractivity contribution in [1.29, 1.82) is 0 Å². The maximum absolute atomic E-state index is 11.3. The van der Waals surface area contributed by atoms with E-state index in [-0.39, 0.29) is 6.04 Å². The number of allylic oxidation sites excluding steroid dienone is 1. The molecule has 1 aliphatic carbocycles. The molecule has 138 valence electrons. The maximum atomic E-state index is 11.3. The number of benzene rings is 2. The summed E-state index contributed by atoms with van der Waals surface area (Å²) in [6.07, 6.45) is 5.52. The van der Waals surface area contributed by atoms with E-state index in [1.165, 1.54) is 5.56 Å². The number of aryl methyl sites for hydroxylation is 2. The Hall–Kier alpha value is -2.72. The molecule has 0 amide bonds. The zero-order valence-corrected chi connectivity index (χ0v) is 15.9. The molecule has 0 saturated carbocycles. The van der Waals surface area contributed by atoms with Gasteiger partial charge in [0.15, 0.2) is 5.58 Å². The summed E-state index contributed by atoms with van der Waals surface area (Å²) >= 11 is 0. The standard InChI is InChI=1S/C23H24N2O2/c1-14(2)24-18-9-5-6-10-19(18)25(23(24)26)21-15(3)12-13-17-16-8-4-7-11-20(16)27-22(17)21/h5-7,9-14,23,26H,4,8H2,1-3H3/t23-/m1/s1. The SMILES string of the molecule is Cc1ccc2c3c(oc2c1N1c2ccccc2N(C(C)C)[C@H]1O)C=CCC3. The molecule has 0 radical (unpaired) electrons. The fraction of sp³-hybridized carbons (Fsp3) is 0.304. The number of aliphatic hydroxyl groups is 1. The van der Waals surface area contributed by atoms with Gasteiger partial charge in [0, 0.05) is 17.0 Å². The summed E-state index contributed by atoms with van der Waals surface area (Å²) < 4.78 is 6.32. The number of anilines is 3. The van der Waals surface area contributed by atoms with E-state index in [1.54, 1.807) is 0 Å². The van der Waals surface area contributed by atoms with Crippen molar-refractivity contribution in [2.45, 2.75) is 46.0 Å². The monoisotopic (exact) mass is 360 g/mol. The largest absolute Gasteiger partial charge is 0.454 e. The zero-order valence-electron chi connectivity index (χ0n) is 15.9. The van der Waals surface area contributed by atoms with Gasteiger partial charge in [-0.05, 0) is 57.4 Å². The van der Waals surface area contributed by atoms with Gasteiger partial charge in [0.1, 0.15) is 5.76 Å². The van der Waals surface area contributed by atoms with E-state index in [2.05, 4.69) is 62.1 Å². The van der Waals surface area contributed by atoms with Crippen molar-refractivity contribution in [3.05, 3.63) is 59.4 Å². The summed E-state index contributed by atoms with van der Waals surface area (Å²) in [5.41, 5.74) is 6.25. The van der Waals surface area contributed by atoms with Crippen molar-refractivity contribution in [2.75, 3.05) is 9.80 Å². The average Bonchev–Trinajstić information content (AvgIpc) is 3.17. The van der Waals surface area contributed by atoms with Crippen LogP contribution in [0.15, 0.2) is 46.9 Å². The Bertz CT molecular complexity index is 1060. The third-order valence-corrected chi connectivity index (χ3v) is 5.69. The van der Waals surface area contributed by atoms with Gasteiger partial charge in [-0.25, -0.2) is 0 Å². The number of fused-ring (bicyclic) bond motifs is 4. The first-order valence-electron chi connectivity index (χ1n) is 9.64. The fourth-order valence-electron chi connectivity index (χ4n) is 4.46. The summed E-state index contributed by atoms with van der Waals surface area (Å²) in [5.74, 6) is 0.950. The van der Waals surface area contributed by atoms with E-state index in [0.717, 1.165) is 52.2 Å². The van der Waals surface area contributed by atoms with Crippen LogP contribution in [0.25, 0.3) is 17.0 Å². The van der Waals surface area contributed by atoms with Crippen molar-refractivity contribution in [2.24, 2.45) is 0 Å². The fourth-order valence-corrected chi connectivity index (χ4v) is 4.46. The molecule has 4 heteroatoms. The number of rotatable bonds is 2. The number of hydrogen-bond acceptors (Lipinski definition) is 4. The molecule has 5 rings (SSSR count). The van der Waals surface area contributed by atoms with Gasteiger partial charge in [-0.3, -0.25) is 4.90 Å². The van der Waals surface area contributed by atoms with Crippen LogP contribution >= 0.6 is 0 Å². The first-order chi connectivity index (χ1) is 13.1. The number of aliphatic hydroxyl groups excluding tert-OH is 1. The molecule has 0 saturated heterocycles. The van der Waals surface area contributed by atoms with Crippen LogP contribution in [0, 0.1) is 6.92 Å². The quantitative estimate of drug-likeness (QED) is 0.669. The highest BCUT2D eigenvalue weighted by Crippen LogP contribution is 2.48. The van der Waals surface area contributed by atoms with Crippen LogP contribution in [-0.2, 0) is 6.42 Å². The second-order valence-electron chi connectivity index (χ2n) is 7.70. The average molecular weight is 360 g/mol. The summed E-state index contributed by atoms with van der Waals surface area (Å²) in [5, 5.41) is 12.4. The Kier molecular flexibility index (Phi) is 3.59. The second kappa shape index (κ2) is 5.89. The predicted molar refractivity (Wildman–Crippen MR) is 111 cm³/mol. The Balaban J connectivity index is 1.78. The number of para-hydroxylation sites is 2. The maximum Gasteiger partial charge on any atom is 0.212 e. The Labute approximate surface area is 159 Å². The lowest BCUT2D eigenvalue weighted by molar-refractivity contribution is 0.175. The smallest absolute Gasteiger partial charge is 0.212 e. The molecule has 1 atom stereocenters. The van der Waals surface area contributed by atoms with E-state index in [9.17, 15) is 5.11 Å². The van der Waals surface area contributed by atoms with Gasteiger partial charge in [-0.2, -0.15) is 0 Å². The lowest BCUT2D eigenvalue weighted by Crippen LogP contribution is -2.44. The van der Waals surface area contributed by atoms with Crippen LogP contribution in [0.3, 0.4) is 0 Å². The third-order valence-electron chi connectivity index (χ3n) is 5.69. The summed E-state index contributed by atoms with van der Waals surface area (Å²) in [7, 11) is 0. The lowest BCUT2D eigenvalue weighted by atomic mass is 9.99. The highest BCUT2D eigenvalue weighted by Gasteiger charge is 2.38. The molecule has 0 fully saturated rings. The van der Waals surface area contributed by atoms with E-state index >= 15 is 0 Å². The summed E-state index contributed by atoms with van der Waals surface area (Å²) in [6, 6.07) is 12.7. The van der Waals surface area contributed by atoms with Crippen LogP contribution in [0.1, 0.15) is 37.2 Å². The topological polar surface area (TPSA) is 39.9 Å². The summed E-state index contributed by atoms with van der Waals surface area (Å²) in [4.78, 5) is 4.07.